The third kappa shape index (κ3) is 7.04. The summed E-state index contributed by atoms with van der Waals surface area (Å²) < 4.78 is 0. The van der Waals surface area contributed by atoms with E-state index in [0.29, 0.717) is 6.04 Å². The molecule has 4 heteroatoms. The van der Waals surface area contributed by atoms with Crippen LogP contribution in [0.15, 0.2) is 5.51 Å². The molecule has 1 rings (SSSR count). The van der Waals surface area contributed by atoms with Gasteiger partial charge in [0.1, 0.15) is 0 Å². The van der Waals surface area contributed by atoms with Gasteiger partial charge in [0.2, 0.25) is 0 Å². The fraction of sp³-hybridized carbons (Fsp3) is 0.800. The maximum atomic E-state index is 4.30. The molecule has 1 unspecified atom stereocenters. The predicted molar refractivity (Wildman–Crippen MR) is 84.8 cm³/mol. The summed E-state index contributed by atoms with van der Waals surface area (Å²) in [5, 5.41) is 3.61. The second-order valence-corrected chi connectivity index (χ2v) is 6.39. The van der Waals surface area contributed by atoms with E-state index < -0.39 is 0 Å². The van der Waals surface area contributed by atoms with Crippen molar-refractivity contribution in [2.45, 2.75) is 59.0 Å². The molecule has 0 fully saturated rings. The van der Waals surface area contributed by atoms with Gasteiger partial charge in [-0.05, 0) is 27.3 Å². The summed E-state index contributed by atoms with van der Waals surface area (Å²) in [5.74, 6) is 0. The first-order valence-electron chi connectivity index (χ1n) is 7.44. The van der Waals surface area contributed by atoms with E-state index in [2.05, 4.69) is 43.0 Å². The Labute approximate surface area is 122 Å². The molecule has 1 atom stereocenters. The Balaban J connectivity index is 2.10. The van der Waals surface area contributed by atoms with Gasteiger partial charge >= 0.3 is 0 Å². The minimum Gasteiger partial charge on any atom is -0.313 e. The summed E-state index contributed by atoms with van der Waals surface area (Å²) in [6.45, 7) is 9.82. The summed E-state index contributed by atoms with van der Waals surface area (Å²) in [6, 6.07) is 0.644. The zero-order valence-electron chi connectivity index (χ0n) is 12.9. The molecule has 1 N–H and O–H groups in total. The lowest BCUT2D eigenvalue weighted by molar-refractivity contribution is 0.317. The lowest BCUT2D eigenvalue weighted by Gasteiger charge is -2.19. The van der Waals surface area contributed by atoms with E-state index in [1.165, 1.54) is 36.3 Å². The molecule has 0 aliphatic rings. The van der Waals surface area contributed by atoms with Crippen LogP contribution in [0.3, 0.4) is 0 Å². The second kappa shape index (κ2) is 9.45. The first-order valence-corrected chi connectivity index (χ1v) is 8.32. The molecular weight excluding hydrogens is 254 g/mol. The highest BCUT2D eigenvalue weighted by molar-refractivity contribution is 7.09. The van der Waals surface area contributed by atoms with Crippen molar-refractivity contribution in [2.24, 2.45) is 0 Å². The Morgan fingerprint density at radius 3 is 2.84 bits per heavy atom. The molecule has 0 aliphatic carbocycles. The normalized spacial score (nSPS) is 13.1. The van der Waals surface area contributed by atoms with Crippen molar-refractivity contribution in [3.05, 3.63) is 16.1 Å². The minimum absolute atomic E-state index is 0.644. The molecule has 0 aromatic carbocycles. The Morgan fingerprint density at radius 1 is 1.42 bits per heavy atom. The summed E-state index contributed by atoms with van der Waals surface area (Å²) in [5.41, 5.74) is 3.12. The zero-order chi connectivity index (χ0) is 14.1. The van der Waals surface area contributed by atoms with Crippen LogP contribution in [-0.2, 0) is 6.54 Å². The van der Waals surface area contributed by atoms with Crippen LogP contribution >= 0.6 is 11.3 Å². The molecule has 0 saturated carbocycles. The van der Waals surface area contributed by atoms with Gasteiger partial charge in [0, 0.05) is 30.6 Å². The van der Waals surface area contributed by atoms with Crippen LogP contribution in [0.5, 0.6) is 0 Å². The highest BCUT2D eigenvalue weighted by Crippen LogP contribution is 2.13. The molecule has 0 amide bonds. The highest BCUT2D eigenvalue weighted by atomic mass is 32.1. The lowest BCUT2D eigenvalue weighted by Crippen LogP contribution is -2.34. The summed E-state index contributed by atoms with van der Waals surface area (Å²) in [6.07, 6.45) is 5.31. The molecular formula is C15H29N3S. The number of hydrogen-bond donors (Lipinski definition) is 1. The quantitative estimate of drug-likeness (QED) is 0.667. The van der Waals surface area contributed by atoms with Crippen LogP contribution in [0.25, 0.3) is 0 Å². The topological polar surface area (TPSA) is 28.2 Å². The molecule has 1 aromatic rings. The molecule has 110 valence electrons. The largest absolute Gasteiger partial charge is 0.313 e. The number of unbranched alkanes of at least 4 members (excludes halogenated alkanes) is 2. The zero-order valence-corrected chi connectivity index (χ0v) is 13.7. The number of likely N-dealkylation sites (N-methyl/N-ethyl adjacent to an activating group) is 1. The fourth-order valence-corrected chi connectivity index (χ4v) is 2.96. The van der Waals surface area contributed by atoms with Crippen LogP contribution in [-0.4, -0.2) is 36.1 Å². The van der Waals surface area contributed by atoms with E-state index >= 15 is 0 Å². The summed E-state index contributed by atoms with van der Waals surface area (Å²) >= 11 is 1.76. The molecule has 0 radical (unpaired) electrons. The standard InChI is InChI=1S/C15H29N3S/c1-5-6-7-8-13(2)16-9-10-18(4)11-15-14(3)17-12-19-15/h12-13,16H,5-11H2,1-4H3. The number of thiazole rings is 1. The molecule has 0 bridgehead atoms. The van der Waals surface area contributed by atoms with Crippen LogP contribution in [0.1, 0.15) is 50.1 Å². The van der Waals surface area contributed by atoms with Gasteiger partial charge in [-0.3, -0.25) is 4.90 Å². The van der Waals surface area contributed by atoms with Gasteiger partial charge < -0.3 is 5.32 Å². The minimum atomic E-state index is 0.644. The third-order valence-corrected chi connectivity index (χ3v) is 4.41. The van der Waals surface area contributed by atoms with Crippen molar-refractivity contribution in [3.63, 3.8) is 0 Å². The van der Waals surface area contributed by atoms with E-state index in [0.717, 1.165) is 19.6 Å². The highest BCUT2D eigenvalue weighted by Gasteiger charge is 2.06. The monoisotopic (exact) mass is 283 g/mol. The van der Waals surface area contributed by atoms with Gasteiger partial charge in [-0.1, -0.05) is 26.2 Å². The first kappa shape index (κ1) is 16.6. The number of hydrogen-bond acceptors (Lipinski definition) is 4. The van der Waals surface area contributed by atoms with Crippen molar-refractivity contribution in [1.82, 2.24) is 15.2 Å². The second-order valence-electron chi connectivity index (χ2n) is 5.45. The first-order chi connectivity index (χ1) is 9.13. The van der Waals surface area contributed by atoms with E-state index in [-0.39, 0.29) is 0 Å². The third-order valence-electron chi connectivity index (χ3n) is 3.49. The average Bonchev–Trinajstić information content (AvgIpc) is 2.75. The van der Waals surface area contributed by atoms with Crippen molar-refractivity contribution in [2.75, 3.05) is 20.1 Å². The fourth-order valence-electron chi connectivity index (χ4n) is 2.11. The summed E-state index contributed by atoms with van der Waals surface area (Å²) in [4.78, 5) is 8.05. The van der Waals surface area contributed by atoms with Gasteiger partial charge in [0.15, 0.2) is 0 Å². The van der Waals surface area contributed by atoms with E-state index in [1.807, 2.05) is 5.51 Å². The van der Waals surface area contributed by atoms with Crippen LogP contribution in [0, 0.1) is 6.92 Å². The van der Waals surface area contributed by atoms with Gasteiger partial charge in [0.05, 0.1) is 11.2 Å². The number of aryl methyl sites for hydroxylation is 1. The Bertz CT molecular complexity index is 338. The van der Waals surface area contributed by atoms with Crippen LogP contribution < -0.4 is 5.32 Å². The number of aromatic nitrogens is 1. The molecule has 3 nitrogen and oxygen atoms in total. The molecule has 0 spiro atoms. The smallest absolute Gasteiger partial charge is 0.0798 e. The van der Waals surface area contributed by atoms with E-state index in [4.69, 9.17) is 0 Å². The van der Waals surface area contributed by atoms with Gasteiger partial charge in [0.25, 0.3) is 0 Å². The van der Waals surface area contributed by atoms with Crippen molar-refractivity contribution >= 4 is 11.3 Å². The molecule has 0 saturated heterocycles. The number of rotatable bonds is 10. The van der Waals surface area contributed by atoms with E-state index in [1.54, 1.807) is 11.3 Å². The predicted octanol–water partition coefficient (Wildman–Crippen LogP) is 3.44. The van der Waals surface area contributed by atoms with Crippen molar-refractivity contribution < 1.29 is 0 Å². The van der Waals surface area contributed by atoms with Crippen molar-refractivity contribution in [3.8, 4) is 0 Å². The van der Waals surface area contributed by atoms with Gasteiger partial charge in [-0.15, -0.1) is 11.3 Å². The SMILES string of the molecule is CCCCCC(C)NCCN(C)Cc1scnc1C. The Kier molecular flexibility index (Phi) is 8.26. The van der Waals surface area contributed by atoms with E-state index in [9.17, 15) is 0 Å². The Morgan fingerprint density at radius 2 is 2.21 bits per heavy atom. The number of nitrogens with zero attached hydrogens (tertiary/aromatic N) is 2. The number of nitrogens with one attached hydrogen (secondary N) is 1. The van der Waals surface area contributed by atoms with Gasteiger partial charge in [-0.25, -0.2) is 4.98 Å². The average molecular weight is 283 g/mol. The maximum Gasteiger partial charge on any atom is 0.0798 e. The molecule has 1 heterocycles. The molecule has 19 heavy (non-hydrogen) atoms. The maximum absolute atomic E-state index is 4.30. The lowest BCUT2D eigenvalue weighted by atomic mass is 10.1. The molecule has 1 aromatic heterocycles. The van der Waals surface area contributed by atoms with Gasteiger partial charge in [-0.2, -0.15) is 0 Å². The van der Waals surface area contributed by atoms with Crippen molar-refractivity contribution in [1.29, 1.82) is 0 Å². The van der Waals surface area contributed by atoms with Crippen LogP contribution in [0.4, 0.5) is 0 Å². The van der Waals surface area contributed by atoms with Crippen LogP contribution in [0.2, 0.25) is 0 Å². The summed E-state index contributed by atoms with van der Waals surface area (Å²) in [7, 11) is 2.18. The Hall–Kier alpha value is -0.450. The molecule has 0 aliphatic heterocycles.